The molecule has 0 aromatic rings. The first-order valence-electron chi connectivity index (χ1n) is 3.22. The van der Waals surface area contributed by atoms with Crippen LogP contribution >= 0.6 is 0 Å². The van der Waals surface area contributed by atoms with E-state index in [9.17, 15) is 4.79 Å². The Labute approximate surface area is 62.9 Å². The van der Waals surface area contributed by atoms with Crippen molar-refractivity contribution in [2.45, 2.75) is 25.0 Å². The maximum absolute atomic E-state index is 10.2. The molecule has 1 aliphatic carbocycles. The SMILES string of the molecule is [N-]=[N+]=N[C@H]1C[C@H](OC(N)=O)C1. The third kappa shape index (κ3) is 2.01. The summed E-state index contributed by atoms with van der Waals surface area (Å²) < 4.78 is 4.62. The van der Waals surface area contributed by atoms with E-state index in [1.807, 2.05) is 0 Å². The average Bonchev–Trinajstić information content (AvgIpc) is 1.82. The number of rotatable bonds is 2. The number of hydrogen-bond donors (Lipinski definition) is 1. The topological polar surface area (TPSA) is 101 Å². The highest BCUT2D eigenvalue weighted by molar-refractivity contribution is 5.64. The molecule has 0 saturated heterocycles. The first kappa shape index (κ1) is 7.68. The lowest BCUT2D eigenvalue weighted by Crippen LogP contribution is -2.37. The summed E-state index contributed by atoms with van der Waals surface area (Å²) in [6.07, 6.45) is 0.261. The van der Waals surface area contributed by atoms with Gasteiger partial charge in [0.05, 0.1) is 0 Å². The minimum atomic E-state index is -0.769. The van der Waals surface area contributed by atoms with Crippen molar-refractivity contribution in [2.24, 2.45) is 10.8 Å². The largest absolute Gasteiger partial charge is 0.446 e. The smallest absolute Gasteiger partial charge is 0.404 e. The van der Waals surface area contributed by atoms with Crippen LogP contribution in [0, 0.1) is 0 Å². The van der Waals surface area contributed by atoms with Gasteiger partial charge in [0.15, 0.2) is 0 Å². The lowest BCUT2D eigenvalue weighted by Gasteiger charge is -2.30. The standard InChI is InChI=1S/C5H8N4O2/c6-5(10)11-4-1-3(2-4)8-9-7/h3-4H,1-2H2,(H2,6,10)/t3-,4-. The van der Waals surface area contributed by atoms with Crippen molar-refractivity contribution in [1.82, 2.24) is 0 Å². The second kappa shape index (κ2) is 3.12. The molecule has 1 amide bonds. The lowest BCUT2D eigenvalue weighted by atomic mass is 9.90. The zero-order valence-electron chi connectivity index (χ0n) is 5.80. The number of primary amides is 1. The van der Waals surface area contributed by atoms with Crippen molar-refractivity contribution in [2.75, 3.05) is 0 Å². The van der Waals surface area contributed by atoms with E-state index in [0.717, 1.165) is 0 Å². The third-order valence-corrected chi connectivity index (χ3v) is 1.57. The average molecular weight is 156 g/mol. The minimum Gasteiger partial charge on any atom is -0.446 e. The molecule has 0 aromatic carbocycles. The van der Waals surface area contributed by atoms with E-state index in [1.54, 1.807) is 0 Å². The number of hydrogen-bond acceptors (Lipinski definition) is 3. The molecular formula is C5H8N4O2. The summed E-state index contributed by atoms with van der Waals surface area (Å²) in [7, 11) is 0. The Morgan fingerprint density at radius 3 is 2.82 bits per heavy atom. The van der Waals surface area contributed by atoms with Gasteiger partial charge in [-0.3, -0.25) is 0 Å². The van der Waals surface area contributed by atoms with Gasteiger partial charge in [0.2, 0.25) is 0 Å². The van der Waals surface area contributed by atoms with E-state index < -0.39 is 6.09 Å². The van der Waals surface area contributed by atoms with Crippen LogP contribution in [0.5, 0.6) is 0 Å². The number of amides is 1. The Bertz CT molecular complexity index is 205. The fraction of sp³-hybridized carbons (Fsp3) is 0.800. The molecule has 0 aromatic heterocycles. The maximum Gasteiger partial charge on any atom is 0.404 e. The van der Waals surface area contributed by atoms with Crippen LogP contribution in [0.25, 0.3) is 10.4 Å². The second-order valence-electron chi connectivity index (χ2n) is 2.39. The zero-order valence-corrected chi connectivity index (χ0v) is 5.80. The molecule has 1 fully saturated rings. The molecule has 6 nitrogen and oxygen atoms in total. The van der Waals surface area contributed by atoms with Gasteiger partial charge in [-0.05, 0) is 18.4 Å². The molecule has 0 atom stereocenters. The van der Waals surface area contributed by atoms with Gasteiger partial charge in [0, 0.05) is 11.0 Å². The highest BCUT2D eigenvalue weighted by Gasteiger charge is 2.30. The number of carbonyl (C=O) groups excluding carboxylic acids is 1. The van der Waals surface area contributed by atoms with E-state index in [4.69, 9.17) is 11.3 Å². The van der Waals surface area contributed by atoms with Crippen molar-refractivity contribution < 1.29 is 9.53 Å². The van der Waals surface area contributed by atoms with Gasteiger partial charge in [0.1, 0.15) is 6.10 Å². The fourth-order valence-corrected chi connectivity index (χ4v) is 0.966. The molecular weight excluding hydrogens is 148 g/mol. The zero-order chi connectivity index (χ0) is 8.27. The summed E-state index contributed by atoms with van der Waals surface area (Å²) in [4.78, 5) is 12.8. The van der Waals surface area contributed by atoms with Gasteiger partial charge < -0.3 is 10.5 Å². The van der Waals surface area contributed by atoms with Crippen LogP contribution in [0.4, 0.5) is 4.79 Å². The Hall–Kier alpha value is -1.42. The minimum absolute atomic E-state index is 0.0238. The van der Waals surface area contributed by atoms with Gasteiger partial charge in [-0.1, -0.05) is 5.11 Å². The van der Waals surface area contributed by atoms with Crippen LogP contribution in [0.2, 0.25) is 0 Å². The van der Waals surface area contributed by atoms with Crippen LogP contribution in [0.3, 0.4) is 0 Å². The fourth-order valence-electron chi connectivity index (χ4n) is 0.966. The lowest BCUT2D eigenvalue weighted by molar-refractivity contribution is 0.0474. The van der Waals surface area contributed by atoms with Gasteiger partial charge in [-0.25, -0.2) is 4.79 Å². The molecule has 1 aliphatic rings. The monoisotopic (exact) mass is 156 g/mol. The number of azide groups is 1. The van der Waals surface area contributed by atoms with E-state index in [1.165, 1.54) is 0 Å². The number of carbonyl (C=O) groups is 1. The van der Waals surface area contributed by atoms with Crippen molar-refractivity contribution in [3.05, 3.63) is 10.4 Å². The van der Waals surface area contributed by atoms with E-state index in [0.29, 0.717) is 12.8 Å². The van der Waals surface area contributed by atoms with Crippen LogP contribution in [-0.4, -0.2) is 18.2 Å². The quantitative estimate of drug-likeness (QED) is 0.365. The molecule has 60 valence electrons. The van der Waals surface area contributed by atoms with Crippen LogP contribution < -0.4 is 5.73 Å². The Balaban J connectivity index is 2.19. The maximum atomic E-state index is 10.2. The first-order valence-corrected chi connectivity index (χ1v) is 3.22. The van der Waals surface area contributed by atoms with E-state index in [-0.39, 0.29) is 12.1 Å². The summed E-state index contributed by atoms with van der Waals surface area (Å²) >= 11 is 0. The molecule has 0 bridgehead atoms. The van der Waals surface area contributed by atoms with Gasteiger partial charge in [-0.2, -0.15) is 0 Å². The van der Waals surface area contributed by atoms with E-state index in [2.05, 4.69) is 14.8 Å². The van der Waals surface area contributed by atoms with Crippen molar-refractivity contribution >= 4 is 6.09 Å². The molecule has 6 heteroatoms. The van der Waals surface area contributed by atoms with Crippen LogP contribution in [0.1, 0.15) is 12.8 Å². The highest BCUT2D eigenvalue weighted by atomic mass is 16.6. The molecule has 11 heavy (non-hydrogen) atoms. The molecule has 1 rings (SSSR count). The molecule has 0 aliphatic heterocycles. The predicted octanol–water partition coefficient (Wildman–Crippen LogP) is 0.923. The number of nitrogens with zero attached hydrogens (tertiary/aromatic N) is 3. The van der Waals surface area contributed by atoms with Crippen LogP contribution in [0.15, 0.2) is 5.11 Å². The van der Waals surface area contributed by atoms with Crippen molar-refractivity contribution in [1.29, 1.82) is 0 Å². The Morgan fingerprint density at radius 2 is 2.36 bits per heavy atom. The Morgan fingerprint density at radius 1 is 1.73 bits per heavy atom. The predicted molar refractivity (Wildman–Crippen MR) is 36.6 cm³/mol. The summed E-state index contributed by atoms with van der Waals surface area (Å²) in [5, 5.41) is 3.44. The third-order valence-electron chi connectivity index (χ3n) is 1.57. The summed E-state index contributed by atoms with van der Waals surface area (Å²) in [6, 6.07) is -0.0238. The van der Waals surface area contributed by atoms with Gasteiger partial charge in [-0.15, -0.1) is 0 Å². The second-order valence-corrected chi connectivity index (χ2v) is 2.39. The summed E-state index contributed by atoms with van der Waals surface area (Å²) in [5.74, 6) is 0. The van der Waals surface area contributed by atoms with Gasteiger partial charge >= 0.3 is 6.09 Å². The summed E-state index contributed by atoms with van der Waals surface area (Å²) in [6.45, 7) is 0. The molecule has 0 radical (unpaired) electrons. The van der Waals surface area contributed by atoms with Crippen LogP contribution in [-0.2, 0) is 4.74 Å². The molecule has 1 saturated carbocycles. The molecule has 0 unspecified atom stereocenters. The summed E-state index contributed by atoms with van der Waals surface area (Å²) in [5.41, 5.74) is 12.8. The van der Waals surface area contributed by atoms with Gasteiger partial charge in [0.25, 0.3) is 0 Å². The number of ether oxygens (including phenoxy) is 1. The normalized spacial score (nSPS) is 28.0. The number of nitrogens with two attached hydrogens (primary N) is 1. The first-order chi connectivity index (χ1) is 5.22. The van der Waals surface area contributed by atoms with E-state index >= 15 is 0 Å². The molecule has 0 heterocycles. The Kier molecular flexibility index (Phi) is 2.18. The van der Waals surface area contributed by atoms with Crippen molar-refractivity contribution in [3.63, 3.8) is 0 Å². The molecule has 0 spiro atoms. The van der Waals surface area contributed by atoms with Crippen molar-refractivity contribution in [3.8, 4) is 0 Å². The molecule has 2 N–H and O–H groups in total. The highest BCUT2D eigenvalue weighted by Crippen LogP contribution is 2.26.